The lowest BCUT2D eigenvalue weighted by atomic mass is 10.1. The molecule has 1 aromatic heterocycles. The van der Waals surface area contributed by atoms with E-state index in [-0.39, 0.29) is 0 Å². The molecule has 2 heteroatoms. The standard InChI is InChI=1S/C12H11IS/c1-8-11(12(13)9(2)14-8)10-6-4-3-5-7-10/h3-7H,1-2H3. The molecule has 0 atom stereocenters. The summed E-state index contributed by atoms with van der Waals surface area (Å²) in [5, 5.41) is 0. The van der Waals surface area contributed by atoms with Gasteiger partial charge in [-0.2, -0.15) is 0 Å². The van der Waals surface area contributed by atoms with Crippen LogP contribution in [0.25, 0.3) is 11.1 Å². The monoisotopic (exact) mass is 314 g/mol. The number of benzene rings is 1. The molecule has 0 aliphatic heterocycles. The zero-order valence-corrected chi connectivity index (χ0v) is 11.1. The van der Waals surface area contributed by atoms with Crippen molar-refractivity contribution in [2.45, 2.75) is 13.8 Å². The molecule has 2 rings (SSSR count). The predicted octanol–water partition coefficient (Wildman–Crippen LogP) is 4.64. The molecule has 0 N–H and O–H groups in total. The molecule has 72 valence electrons. The van der Waals surface area contributed by atoms with Crippen LogP contribution in [-0.4, -0.2) is 0 Å². The second-order valence-corrected chi connectivity index (χ2v) is 5.78. The second kappa shape index (κ2) is 4.03. The lowest BCUT2D eigenvalue weighted by Crippen LogP contribution is -1.79. The maximum atomic E-state index is 2.44. The fourth-order valence-corrected chi connectivity index (χ4v) is 3.79. The van der Waals surface area contributed by atoms with Crippen LogP contribution < -0.4 is 0 Å². The van der Waals surface area contributed by atoms with E-state index in [0.29, 0.717) is 0 Å². The van der Waals surface area contributed by atoms with Crippen LogP contribution in [0.4, 0.5) is 0 Å². The highest BCUT2D eigenvalue weighted by Crippen LogP contribution is 2.36. The van der Waals surface area contributed by atoms with E-state index in [9.17, 15) is 0 Å². The first kappa shape index (κ1) is 10.2. The van der Waals surface area contributed by atoms with Gasteiger partial charge < -0.3 is 0 Å². The first-order valence-corrected chi connectivity index (χ1v) is 6.40. The van der Waals surface area contributed by atoms with E-state index in [1.807, 2.05) is 11.3 Å². The summed E-state index contributed by atoms with van der Waals surface area (Å²) in [6.45, 7) is 4.38. The Bertz CT molecular complexity index is 443. The molecular formula is C12H11IS. The summed E-state index contributed by atoms with van der Waals surface area (Å²) >= 11 is 4.32. The van der Waals surface area contributed by atoms with Gasteiger partial charge in [-0.05, 0) is 42.0 Å². The van der Waals surface area contributed by atoms with Crippen LogP contribution in [0.15, 0.2) is 30.3 Å². The SMILES string of the molecule is Cc1sc(C)c(-c2ccccc2)c1I. The van der Waals surface area contributed by atoms with Crippen LogP contribution in [0.3, 0.4) is 0 Å². The van der Waals surface area contributed by atoms with E-state index >= 15 is 0 Å². The van der Waals surface area contributed by atoms with Gasteiger partial charge >= 0.3 is 0 Å². The topological polar surface area (TPSA) is 0 Å². The van der Waals surface area contributed by atoms with Gasteiger partial charge in [-0.15, -0.1) is 11.3 Å². The Kier molecular flexibility index (Phi) is 2.93. The normalized spacial score (nSPS) is 10.5. The van der Waals surface area contributed by atoms with Gasteiger partial charge in [0.2, 0.25) is 0 Å². The lowest BCUT2D eigenvalue weighted by molar-refractivity contribution is 1.53. The summed E-state index contributed by atoms with van der Waals surface area (Å²) in [4.78, 5) is 2.83. The smallest absolute Gasteiger partial charge is 0.0347 e. The third-order valence-electron chi connectivity index (χ3n) is 2.25. The number of hydrogen-bond donors (Lipinski definition) is 0. The van der Waals surface area contributed by atoms with Crippen molar-refractivity contribution in [3.63, 3.8) is 0 Å². The molecule has 0 aliphatic rings. The number of hydrogen-bond acceptors (Lipinski definition) is 1. The molecule has 0 saturated heterocycles. The summed E-state index contributed by atoms with van der Waals surface area (Å²) in [7, 11) is 0. The first-order valence-electron chi connectivity index (χ1n) is 4.51. The Balaban J connectivity index is 2.62. The zero-order valence-electron chi connectivity index (χ0n) is 8.17. The molecule has 1 heterocycles. The summed E-state index contributed by atoms with van der Waals surface area (Å²) in [6, 6.07) is 10.6. The molecule has 0 aliphatic carbocycles. The van der Waals surface area contributed by atoms with E-state index in [0.717, 1.165) is 0 Å². The van der Waals surface area contributed by atoms with Crippen molar-refractivity contribution in [2.24, 2.45) is 0 Å². The van der Waals surface area contributed by atoms with Crippen molar-refractivity contribution >= 4 is 33.9 Å². The van der Waals surface area contributed by atoms with Gasteiger partial charge in [-0.25, -0.2) is 0 Å². The average Bonchev–Trinajstić information content (AvgIpc) is 2.43. The summed E-state index contributed by atoms with van der Waals surface area (Å²) in [6.07, 6.45) is 0. The molecule has 0 spiro atoms. The van der Waals surface area contributed by atoms with Crippen molar-refractivity contribution in [1.29, 1.82) is 0 Å². The highest BCUT2D eigenvalue weighted by atomic mass is 127. The molecule has 0 saturated carbocycles. The van der Waals surface area contributed by atoms with Crippen molar-refractivity contribution < 1.29 is 0 Å². The van der Waals surface area contributed by atoms with Crippen LogP contribution >= 0.6 is 33.9 Å². The molecule has 0 unspecified atom stereocenters. The van der Waals surface area contributed by atoms with E-state index < -0.39 is 0 Å². The Morgan fingerprint density at radius 3 is 2.14 bits per heavy atom. The van der Waals surface area contributed by atoms with Crippen LogP contribution in [0, 0.1) is 17.4 Å². The molecule has 1 aromatic carbocycles. The molecule has 0 fully saturated rings. The third kappa shape index (κ3) is 1.73. The van der Waals surface area contributed by atoms with Gasteiger partial charge in [0.25, 0.3) is 0 Å². The minimum absolute atomic E-state index is 1.33. The van der Waals surface area contributed by atoms with Crippen LogP contribution in [0.2, 0.25) is 0 Å². The Morgan fingerprint density at radius 2 is 1.64 bits per heavy atom. The summed E-state index contributed by atoms with van der Waals surface area (Å²) in [5.74, 6) is 0. The van der Waals surface area contributed by atoms with Gasteiger partial charge in [-0.1, -0.05) is 30.3 Å². The van der Waals surface area contributed by atoms with Crippen molar-refractivity contribution in [3.8, 4) is 11.1 Å². The highest BCUT2D eigenvalue weighted by molar-refractivity contribution is 14.1. The van der Waals surface area contributed by atoms with Gasteiger partial charge in [0.05, 0.1) is 0 Å². The van der Waals surface area contributed by atoms with Gasteiger partial charge in [0.1, 0.15) is 0 Å². The molecule has 0 amide bonds. The Labute approximate surface area is 102 Å². The summed E-state index contributed by atoms with van der Waals surface area (Å²) < 4.78 is 1.40. The average molecular weight is 314 g/mol. The first-order chi connectivity index (χ1) is 6.70. The molecule has 0 radical (unpaired) electrons. The molecule has 0 bridgehead atoms. The molecular weight excluding hydrogens is 303 g/mol. The van der Waals surface area contributed by atoms with Crippen LogP contribution in [0.5, 0.6) is 0 Å². The quantitative estimate of drug-likeness (QED) is 0.673. The molecule has 14 heavy (non-hydrogen) atoms. The maximum Gasteiger partial charge on any atom is 0.0347 e. The van der Waals surface area contributed by atoms with E-state index in [1.165, 1.54) is 24.5 Å². The van der Waals surface area contributed by atoms with Gasteiger partial charge in [0, 0.05) is 18.9 Å². The fraction of sp³-hybridized carbons (Fsp3) is 0.167. The minimum atomic E-state index is 1.33. The van der Waals surface area contributed by atoms with E-state index in [1.54, 1.807) is 0 Å². The van der Waals surface area contributed by atoms with Crippen LogP contribution in [0.1, 0.15) is 9.75 Å². The van der Waals surface area contributed by atoms with Crippen LogP contribution in [-0.2, 0) is 0 Å². The third-order valence-corrected chi connectivity index (χ3v) is 4.98. The zero-order chi connectivity index (χ0) is 10.1. The number of rotatable bonds is 1. The van der Waals surface area contributed by atoms with Crippen molar-refractivity contribution in [1.82, 2.24) is 0 Å². The Hall–Kier alpha value is -0.350. The molecule has 0 nitrogen and oxygen atoms in total. The number of aryl methyl sites for hydroxylation is 2. The van der Waals surface area contributed by atoms with E-state index in [2.05, 4.69) is 66.8 Å². The van der Waals surface area contributed by atoms with Crippen molar-refractivity contribution in [3.05, 3.63) is 43.7 Å². The van der Waals surface area contributed by atoms with Gasteiger partial charge in [-0.3, -0.25) is 0 Å². The predicted molar refractivity (Wildman–Crippen MR) is 71.9 cm³/mol. The lowest BCUT2D eigenvalue weighted by Gasteiger charge is -2.01. The van der Waals surface area contributed by atoms with E-state index in [4.69, 9.17) is 0 Å². The number of thiophene rings is 1. The Morgan fingerprint density at radius 1 is 1.00 bits per heavy atom. The largest absolute Gasteiger partial charge is 0.144 e. The fourth-order valence-electron chi connectivity index (χ4n) is 1.59. The summed E-state index contributed by atoms with van der Waals surface area (Å²) in [5.41, 5.74) is 2.74. The number of halogens is 1. The van der Waals surface area contributed by atoms with Gasteiger partial charge in [0.15, 0.2) is 0 Å². The minimum Gasteiger partial charge on any atom is -0.144 e. The highest BCUT2D eigenvalue weighted by Gasteiger charge is 2.11. The second-order valence-electron chi connectivity index (χ2n) is 3.27. The molecule has 2 aromatic rings. The van der Waals surface area contributed by atoms with Crippen molar-refractivity contribution in [2.75, 3.05) is 0 Å². The maximum absolute atomic E-state index is 2.44.